The molecular weight excluding hydrogens is 228 g/mol. The second-order valence-corrected chi connectivity index (χ2v) is 4.87. The van der Waals surface area contributed by atoms with Gasteiger partial charge in [0, 0.05) is 6.54 Å². The van der Waals surface area contributed by atoms with E-state index in [9.17, 15) is 8.78 Å². The van der Waals surface area contributed by atoms with Crippen LogP contribution in [0.4, 0.5) is 8.78 Å². The van der Waals surface area contributed by atoms with E-state index in [1.54, 1.807) is 6.07 Å². The van der Waals surface area contributed by atoms with Gasteiger partial charge in [0.1, 0.15) is 0 Å². The number of hydrogen-bond acceptors (Lipinski definition) is 2. The molecule has 0 heterocycles. The molecule has 0 atom stereocenters. The van der Waals surface area contributed by atoms with Gasteiger partial charge in [-0.15, -0.1) is 0 Å². The average molecular weight is 245 g/mol. The molecule has 1 rings (SSSR count). The molecule has 0 aromatic heterocycles. The predicted molar refractivity (Wildman–Crippen MR) is 65.7 cm³/mol. The average Bonchev–Trinajstić information content (AvgIpc) is 2.28. The van der Waals surface area contributed by atoms with E-state index in [4.69, 9.17) is 0 Å². The van der Waals surface area contributed by atoms with Crippen LogP contribution in [-0.2, 0) is 6.54 Å². The van der Waals surface area contributed by atoms with E-state index in [2.05, 4.69) is 12.2 Å². The molecule has 0 aliphatic carbocycles. The minimum atomic E-state index is -0.789. The van der Waals surface area contributed by atoms with Gasteiger partial charge in [0.15, 0.2) is 11.6 Å². The lowest BCUT2D eigenvalue weighted by molar-refractivity contribution is 0.506. The van der Waals surface area contributed by atoms with Crippen molar-refractivity contribution in [2.75, 3.05) is 18.1 Å². The normalized spacial score (nSPS) is 10.7. The molecule has 16 heavy (non-hydrogen) atoms. The molecule has 0 aliphatic rings. The zero-order chi connectivity index (χ0) is 11.8. The van der Waals surface area contributed by atoms with Crippen molar-refractivity contribution < 1.29 is 8.78 Å². The zero-order valence-electron chi connectivity index (χ0n) is 9.43. The van der Waals surface area contributed by atoms with Crippen LogP contribution in [-0.4, -0.2) is 18.1 Å². The maximum Gasteiger partial charge on any atom is 0.159 e. The van der Waals surface area contributed by atoms with Crippen LogP contribution in [0.1, 0.15) is 18.9 Å². The van der Waals surface area contributed by atoms with Gasteiger partial charge in [-0.05, 0) is 42.2 Å². The fourth-order valence-corrected chi connectivity index (χ4v) is 1.96. The first kappa shape index (κ1) is 13.5. The summed E-state index contributed by atoms with van der Waals surface area (Å²) in [5.41, 5.74) is 0.780. The summed E-state index contributed by atoms with van der Waals surface area (Å²) in [6.45, 7) is 3.64. The zero-order valence-corrected chi connectivity index (χ0v) is 10.2. The number of halogens is 2. The molecule has 1 aromatic carbocycles. The minimum Gasteiger partial charge on any atom is -0.313 e. The van der Waals surface area contributed by atoms with Crippen molar-refractivity contribution in [3.05, 3.63) is 35.4 Å². The molecule has 1 N–H and O–H groups in total. The standard InChI is InChI=1S/C12H17F2NS/c1-2-16-7-3-6-15-9-10-4-5-11(13)12(14)8-10/h4-5,8,15H,2-3,6-7,9H2,1H3. The van der Waals surface area contributed by atoms with Crippen LogP contribution in [0.25, 0.3) is 0 Å². The highest BCUT2D eigenvalue weighted by atomic mass is 32.2. The summed E-state index contributed by atoms with van der Waals surface area (Å²) >= 11 is 1.91. The Morgan fingerprint density at radius 3 is 2.75 bits per heavy atom. The van der Waals surface area contributed by atoms with Gasteiger partial charge in [-0.3, -0.25) is 0 Å². The third-order valence-electron chi connectivity index (χ3n) is 2.16. The van der Waals surface area contributed by atoms with E-state index in [0.717, 1.165) is 30.0 Å². The third-order valence-corrected chi connectivity index (χ3v) is 3.15. The van der Waals surface area contributed by atoms with E-state index in [1.807, 2.05) is 11.8 Å². The van der Waals surface area contributed by atoms with Gasteiger partial charge in [-0.25, -0.2) is 8.78 Å². The summed E-state index contributed by atoms with van der Waals surface area (Å²) in [5, 5.41) is 3.20. The van der Waals surface area contributed by atoms with Crippen molar-refractivity contribution in [1.29, 1.82) is 0 Å². The third kappa shape index (κ3) is 4.94. The minimum absolute atomic E-state index is 0.591. The van der Waals surface area contributed by atoms with Crippen molar-refractivity contribution in [3.63, 3.8) is 0 Å². The molecule has 0 spiro atoms. The molecule has 0 unspecified atom stereocenters. The molecule has 0 radical (unpaired) electrons. The Bertz CT molecular complexity index is 318. The van der Waals surface area contributed by atoms with E-state index in [1.165, 1.54) is 12.1 Å². The second kappa shape index (κ2) is 7.63. The van der Waals surface area contributed by atoms with Crippen LogP contribution in [0.5, 0.6) is 0 Å². The van der Waals surface area contributed by atoms with E-state index in [0.29, 0.717) is 6.54 Å². The summed E-state index contributed by atoms with van der Waals surface area (Å²) in [6, 6.07) is 4.01. The first-order valence-electron chi connectivity index (χ1n) is 5.46. The van der Waals surface area contributed by atoms with Crippen molar-refractivity contribution in [2.45, 2.75) is 19.9 Å². The maximum absolute atomic E-state index is 12.8. The molecule has 90 valence electrons. The highest BCUT2D eigenvalue weighted by molar-refractivity contribution is 7.99. The van der Waals surface area contributed by atoms with Crippen molar-refractivity contribution in [1.82, 2.24) is 5.32 Å². The number of thioether (sulfide) groups is 1. The fourth-order valence-electron chi connectivity index (χ4n) is 1.33. The van der Waals surface area contributed by atoms with Gasteiger partial charge in [0.05, 0.1) is 0 Å². The van der Waals surface area contributed by atoms with Crippen LogP contribution >= 0.6 is 11.8 Å². The van der Waals surface area contributed by atoms with Gasteiger partial charge in [0.2, 0.25) is 0 Å². The van der Waals surface area contributed by atoms with E-state index < -0.39 is 11.6 Å². The monoisotopic (exact) mass is 245 g/mol. The van der Waals surface area contributed by atoms with Crippen molar-refractivity contribution in [3.8, 4) is 0 Å². The van der Waals surface area contributed by atoms with Gasteiger partial charge >= 0.3 is 0 Å². The number of benzene rings is 1. The Kier molecular flexibility index (Phi) is 6.42. The van der Waals surface area contributed by atoms with Crippen LogP contribution in [0, 0.1) is 11.6 Å². The first-order chi connectivity index (χ1) is 7.74. The van der Waals surface area contributed by atoms with Crippen LogP contribution in [0.2, 0.25) is 0 Å². The van der Waals surface area contributed by atoms with E-state index >= 15 is 0 Å². The summed E-state index contributed by atoms with van der Waals surface area (Å²) in [6.07, 6.45) is 1.10. The Hall–Kier alpha value is -0.610. The number of nitrogens with one attached hydrogen (secondary N) is 1. The molecule has 0 bridgehead atoms. The Morgan fingerprint density at radius 1 is 1.25 bits per heavy atom. The quantitative estimate of drug-likeness (QED) is 0.740. The van der Waals surface area contributed by atoms with Crippen LogP contribution < -0.4 is 5.32 Å². The molecule has 1 nitrogen and oxygen atoms in total. The first-order valence-corrected chi connectivity index (χ1v) is 6.62. The fraction of sp³-hybridized carbons (Fsp3) is 0.500. The molecule has 0 amide bonds. The maximum atomic E-state index is 12.8. The van der Waals surface area contributed by atoms with Gasteiger partial charge in [-0.2, -0.15) is 11.8 Å². The van der Waals surface area contributed by atoms with Gasteiger partial charge < -0.3 is 5.32 Å². The van der Waals surface area contributed by atoms with Crippen LogP contribution in [0.3, 0.4) is 0 Å². The highest BCUT2D eigenvalue weighted by Gasteiger charge is 2.01. The van der Waals surface area contributed by atoms with Crippen molar-refractivity contribution >= 4 is 11.8 Å². The Labute approximate surface area is 99.6 Å². The second-order valence-electron chi connectivity index (χ2n) is 3.48. The lowest BCUT2D eigenvalue weighted by atomic mass is 10.2. The summed E-state index contributed by atoms with van der Waals surface area (Å²) in [5.74, 6) is 0.716. The summed E-state index contributed by atoms with van der Waals surface area (Å²) in [4.78, 5) is 0. The van der Waals surface area contributed by atoms with Gasteiger partial charge in [0.25, 0.3) is 0 Å². The number of rotatable bonds is 7. The predicted octanol–water partition coefficient (Wildman–Crippen LogP) is 3.20. The topological polar surface area (TPSA) is 12.0 Å². The highest BCUT2D eigenvalue weighted by Crippen LogP contribution is 2.08. The van der Waals surface area contributed by atoms with Crippen LogP contribution in [0.15, 0.2) is 18.2 Å². The lowest BCUT2D eigenvalue weighted by Crippen LogP contribution is -2.15. The molecule has 0 fully saturated rings. The summed E-state index contributed by atoms with van der Waals surface area (Å²) < 4.78 is 25.5. The largest absolute Gasteiger partial charge is 0.313 e. The molecule has 0 aliphatic heterocycles. The van der Waals surface area contributed by atoms with Gasteiger partial charge in [-0.1, -0.05) is 13.0 Å². The Morgan fingerprint density at radius 2 is 2.06 bits per heavy atom. The molecule has 1 aromatic rings. The smallest absolute Gasteiger partial charge is 0.159 e. The summed E-state index contributed by atoms with van der Waals surface area (Å²) in [7, 11) is 0. The molecular formula is C12H17F2NS. The van der Waals surface area contributed by atoms with Crippen molar-refractivity contribution in [2.24, 2.45) is 0 Å². The SMILES string of the molecule is CCSCCCNCc1ccc(F)c(F)c1. The Balaban J connectivity index is 2.19. The molecule has 0 saturated heterocycles. The molecule has 0 saturated carbocycles. The molecule has 4 heteroatoms. The van der Waals surface area contributed by atoms with E-state index in [-0.39, 0.29) is 0 Å². The lowest BCUT2D eigenvalue weighted by Gasteiger charge is -2.05. The number of hydrogen-bond donors (Lipinski definition) is 1.